The van der Waals surface area contributed by atoms with E-state index in [1.165, 1.54) is 10.8 Å². The molecule has 0 aliphatic heterocycles. The normalized spacial score (nSPS) is 11.3. The molecule has 6 aromatic rings. The number of hydrogen-bond donors (Lipinski definition) is 0. The van der Waals surface area contributed by atoms with E-state index in [4.69, 9.17) is 9.97 Å². The van der Waals surface area contributed by atoms with Crippen LogP contribution in [-0.4, -0.2) is 15.0 Å². The summed E-state index contributed by atoms with van der Waals surface area (Å²) in [6.45, 7) is 0. The first-order chi connectivity index (χ1) is 14.9. The zero-order valence-electron chi connectivity index (χ0n) is 16.2. The molecule has 0 aliphatic rings. The average molecular weight is 383 g/mol. The molecule has 0 saturated carbocycles. The van der Waals surface area contributed by atoms with Crippen molar-refractivity contribution in [2.75, 3.05) is 0 Å². The highest BCUT2D eigenvalue weighted by molar-refractivity contribution is 6.02. The number of pyridine rings is 1. The largest absolute Gasteiger partial charge is 0.256 e. The molecule has 0 radical (unpaired) electrons. The highest BCUT2D eigenvalue weighted by Gasteiger charge is 2.14. The van der Waals surface area contributed by atoms with Crippen molar-refractivity contribution in [2.45, 2.75) is 0 Å². The van der Waals surface area contributed by atoms with Crippen LogP contribution in [0.4, 0.5) is 0 Å². The van der Waals surface area contributed by atoms with Crippen molar-refractivity contribution in [3.05, 3.63) is 103 Å². The van der Waals surface area contributed by atoms with E-state index in [1.54, 1.807) is 0 Å². The van der Waals surface area contributed by atoms with Gasteiger partial charge in [0.2, 0.25) is 0 Å². The van der Waals surface area contributed by atoms with Crippen LogP contribution in [0.25, 0.3) is 55.2 Å². The molecule has 0 atom stereocenters. The Bertz CT molecular complexity index is 1550. The van der Waals surface area contributed by atoms with Gasteiger partial charge in [0.1, 0.15) is 0 Å². The summed E-state index contributed by atoms with van der Waals surface area (Å²) in [5.74, 6) is 0.724. The number of aromatic nitrogens is 3. The molecule has 0 spiro atoms. The first-order valence-electron chi connectivity index (χ1n) is 9.97. The molecular formula is C27H17N3. The highest BCUT2D eigenvalue weighted by atomic mass is 14.9. The van der Waals surface area contributed by atoms with Gasteiger partial charge in [0.05, 0.1) is 16.7 Å². The summed E-state index contributed by atoms with van der Waals surface area (Å²) in [5, 5.41) is 4.52. The van der Waals surface area contributed by atoms with Gasteiger partial charge in [0.25, 0.3) is 0 Å². The Morgan fingerprint density at radius 2 is 1.37 bits per heavy atom. The van der Waals surface area contributed by atoms with Gasteiger partial charge in [-0.15, -0.1) is 0 Å². The average Bonchev–Trinajstić information content (AvgIpc) is 2.82. The van der Waals surface area contributed by atoms with Crippen molar-refractivity contribution in [3.63, 3.8) is 0 Å². The molecule has 0 fully saturated rings. The van der Waals surface area contributed by atoms with Gasteiger partial charge in [-0.05, 0) is 29.0 Å². The number of fused-ring (bicyclic) bond motifs is 3. The summed E-state index contributed by atoms with van der Waals surface area (Å²) in [5.41, 5.74) is 4.82. The fourth-order valence-corrected chi connectivity index (χ4v) is 4.03. The molecule has 0 bridgehead atoms. The first kappa shape index (κ1) is 16.8. The minimum Gasteiger partial charge on any atom is -0.256 e. The number of benzene rings is 4. The zero-order valence-corrected chi connectivity index (χ0v) is 16.2. The fraction of sp³-hybridized carbons (Fsp3) is 0. The number of hydrogen-bond acceptors (Lipinski definition) is 3. The standard InChI is InChI=1S/C27H17N3/c1-2-8-20-17-21(15-14-18(20)7-1)27-29-24-13-4-3-11-22(24)26(30-27)23-12-5-9-19-10-6-16-28-25(19)23/h1-17H. The SMILES string of the molecule is c1ccc2cc(-c3nc(-c4cccc5cccnc45)c4ccccc4n3)ccc2c1. The van der Waals surface area contributed by atoms with E-state index < -0.39 is 0 Å². The fourth-order valence-electron chi connectivity index (χ4n) is 4.03. The molecule has 2 heterocycles. The van der Waals surface area contributed by atoms with E-state index in [-0.39, 0.29) is 0 Å². The third-order valence-corrected chi connectivity index (χ3v) is 5.50. The number of para-hydroxylation sites is 2. The maximum Gasteiger partial charge on any atom is 0.160 e. The van der Waals surface area contributed by atoms with E-state index in [9.17, 15) is 0 Å². The lowest BCUT2D eigenvalue weighted by atomic mass is 10.0. The summed E-state index contributed by atoms with van der Waals surface area (Å²) >= 11 is 0. The van der Waals surface area contributed by atoms with Gasteiger partial charge < -0.3 is 0 Å². The Labute approximate surface area is 173 Å². The van der Waals surface area contributed by atoms with Gasteiger partial charge in [0.15, 0.2) is 5.82 Å². The van der Waals surface area contributed by atoms with E-state index in [1.807, 2.05) is 30.5 Å². The molecule has 140 valence electrons. The van der Waals surface area contributed by atoms with Crippen molar-refractivity contribution in [1.82, 2.24) is 15.0 Å². The third kappa shape index (κ3) is 2.72. The van der Waals surface area contributed by atoms with Crippen LogP contribution in [0.15, 0.2) is 103 Å². The van der Waals surface area contributed by atoms with Gasteiger partial charge in [-0.1, -0.05) is 78.9 Å². The molecule has 0 N–H and O–H groups in total. The van der Waals surface area contributed by atoms with Crippen molar-refractivity contribution in [1.29, 1.82) is 0 Å². The molecule has 30 heavy (non-hydrogen) atoms. The van der Waals surface area contributed by atoms with Crippen molar-refractivity contribution < 1.29 is 0 Å². The summed E-state index contributed by atoms with van der Waals surface area (Å²) in [4.78, 5) is 14.6. The minimum atomic E-state index is 0.724. The molecule has 0 unspecified atom stereocenters. The summed E-state index contributed by atoms with van der Waals surface area (Å²) in [6, 6.07) is 33.2. The lowest BCUT2D eigenvalue weighted by Crippen LogP contribution is -1.96. The van der Waals surface area contributed by atoms with Crippen LogP contribution in [0.5, 0.6) is 0 Å². The zero-order chi connectivity index (χ0) is 19.9. The number of nitrogens with zero attached hydrogens (tertiary/aromatic N) is 3. The summed E-state index contributed by atoms with van der Waals surface area (Å²) in [7, 11) is 0. The van der Waals surface area contributed by atoms with E-state index in [2.05, 4.69) is 77.8 Å². The Balaban J connectivity index is 1.66. The Hall–Kier alpha value is -4.11. The minimum absolute atomic E-state index is 0.724. The van der Waals surface area contributed by atoms with Crippen LogP contribution in [0.3, 0.4) is 0 Å². The van der Waals surface area contributed by atoms with Crippen LogP contribution >= 0.6 is 0 Å². The predicted molar refractivity (Wildman–Crippen MR) is 123 cm³/mol. The molecule has 2 aromatic heterocycles. The lowest BCUT2D eigenvalue weighted by Gasteiger charge is -2.11. The second-order valence-electron chi connectivity index (χ2n) is 7.36. The number of rotatable bonds is 2. The van der Waals surface area contributed by atoms with E-state index >= 15 is 0 Å². The van der Waals surface area contributed by atoms with Crippen molar-refractivity contribution in [3.8, 4) is 22.6 Å². The van der Waals surface area contributed by atoms with Crippen molar-refractivity contribution in [2.24, 2.45) is 0 Å². The molecular weight excluding hydrogens is 366 g/mol. The van der Waals surface area contributed by atoms with Crippen LogP contribution in [-0.2, 0) is 0 Å². The molecule has 0 amide bonds. The summed E-state index contributed by atoms with van der Waals surface area (Å²) < 4.78 is 0. The van der Waals surface area contributed by atoms with Gasteiger partial charge in [-0.3, -0.25) is 4.98 Å². The van der Waals surface area contributed by atoms with Gasteiger partial charge in [-0.25, -0.2) is 9.97 Å². The highest BCUT2D eigenvalue weighted by Crippen LogP contribution is 2.33. The molecule has 4 aromatic carbocycles. The smallest absolute Gasteiger partial charge is 0.160 e. The molecule has 0 saturated heterocycles. The predicted octanol–water partition coefficient (Wildman–Crippen LogP) is 6.67. The van der Waals surface area contributed by atoms with Gasteiger partial charge in [0, 0.05) is 28.1 Å². The van der Waals surface area contributed by atoms with Crippen LogP contribution in [0.1, 0.15) is 0 Å². The molecule has 3 heteroatoms. The second kappa shape index (κ2) is 6.75. The topological polar surface area (TPSA) is 38.7 Å². The third-order valence-electron chi connectivity index (χ3n) is 5.50. The molecule has 0 aliphatic carbocycles. The molecule has 6 rings (SSSR count). The van der Waals surface area contributed by atoms with E-state index in [0.717, 1.165) is 44.5 Å². The van der Waals surface area contributed by atoms with Gasteiger partial charge in [-0.2, -0.15) is 0 Å². The Morgan fingerprint density at radius 3 is 2.33 bits per heavy atom. The Kier molecular flexibility index (Phi) is 3.78. The first-order valence-corrected chi connectivity index (χ1v) is 9.97. The second-order valence-corrected chi connectivity index (χ2v) is 7.36. The lowest BCUT2D eigenvalue weighted by molar-refractivity contribution is 1.23. The van der Waals surface area contributed by atoms with Crippen LogP contribution < -0.4 is 0 Å². The van der Waals surface area contributed by atoms with Crippen molar-refractivity contribution >= 4 is 32.6 Å². The van der Waals surface area contributed by atoms with Crippen LogP contribution in [0, 0.1) is 0 Å². The molecule has 3 nitrogen and oxygen atoms in total. The quantitative estimate of drug-likeness (QED) is 0.335. The Morgan fingerprint density at radius 1 is 0.567 bits per heavy atom. The maximum absolute atomic E-state index is 5.05. The monoisotopic (exact) mass is 383 g/mol. The maximum atomic E-state index is 5.05. The van der Waals surface area contributed by atoms with Crippen LogP contribution in [0.2, 0.25) is 0 Å². The van der Waals surface area contributed by atoms with E-state index in [0.29, 0.717) is 0 Å². The summed E-state index contributed by atoms with van der Waals surface area (Å²) in [6.07, 6.45) is 1.83. The van der Waals surface area contributed by atoms with Gasteiger partial charge >= 0.3 is 0 Å².